The molecule has 1 aliphatic rings. The normalized spacial score (nSPS) is 15.2. The predicted octanol–water partition coefficient (Wildman–Crippen LogP) is 5.72. The molecule has 1 aliphatic carbocycles. The first kappa shape index (κ1) is 31.4. The van der Waals surface area contributed by atoms with Crippen molar-refractivity contribution < 1.29 is 42.5 Å². The first-order valence-electron chi connectivity index (χ1n) is 13.8. The number of hydrogen-bond acceptors (Lipinski definition) is 5. The van der Waals surface area contributed by atoms with Crippen LogP contribution in [0, 0.1) is 0 Å². The molecular formula is C31H32F3N3O6. The summed E-state index contributed by atoms with van der Waals surface area (Å²) >= 11 is 0. The molecule has 2 unspecified atom stereocenters. The summed E-state index contributed by atoms with van der Waals surface area (Å²) in [6.45, 7) is -0.461. The van der Waals surface area contributed by atoms with Crippen molar-refractivity contribution in [2.24, 2.45) is 0 Å². The number of rotatable bonds is 10. The van der Waals surface area contributed by atoms with Gasteiger partial charge in [-0.05, 0) is 71.8 Å². The Hall–Kier alpha value is -4.58. The highest BCUT2D eigenvalue weighted by Gasteiger charge is 2.31. The third-order valence-electron chi connectivity index (χ3n) is 7.21. The lowest BCUT2D eigenvalue weighted by Gasteiger charge is -2.24. The molecule has 4 rings (SSSR count). The van der Waals surface area contributed by atoms with Gasteiger partial charge in [-0.15, -0.1) is 13.2 Å². The average molecular weight is 600 g/mol. The van der Waals surface area contributed by atoms with Crippen LogP contribution in [0.2, 0.25) is 0 Å². The number of anilines is 1. The van der Waals surface area contributed by atoms with Crippen LogP contribution in [0.1, 0.15) is 71.1 Å². The molecule has 12 heteroatoms. The number of amides is 3. The summed E-state index contributed by atoms with van der Waals surface area (Å²) in [5.41, 5.74) is 3.10. The van der Waals surface area contributed by atoms with Crippen LogP contribution in [-0.4, -0.2) is 47.1 Å². The van der Waals surface area contributed by atoms with E-state index in [1.807, 2.05) is 24.3 Å². The van der Waals surface area contributed by atoms with Crippen LogP contribution in [0.4, 0.5) is 23.7 Å². The van der Waals surface area contributed by atoms with Crippen LogP contribution in [0.5, 0.6) is 5.75 Å². The van der Waals surface area contributed by atoms with Crippen molar-refractivity contribution in [2.45, 2.75) is 56.5 Å². The Labute approximate surface area is 246 Å². The van der Waals surface area contributed by atoms with Gasteiger partial charge in [0, 0.05) is 11.3 Å². The minimum atomic E-state index is -4.83. The fourth-order valence-electron chi connectivity index (χ4n) is 5.00. The Morgan fingerprint density at radius 2 is 1.44 bits per heavy atom. The second-order valence-electron chi connectivity index (χ2n) is 10.3. The Kier molecular flexibility index (Phi) is 10.3. The highest BCUT2D eigenvalue weighted by molar-refractivity contribution is 5.94. The van der Waals surface area contributed by atoms with Gasteiger partial charge >= 0.3 is 18.4 Å². The average Bonchev–Trinajstić information content (AvgIpc) is 2.99. The van der Waals surface area contributed by atoms with Crippen LogP contribution in [0.3, 0.4) is 0 Å². The smallest absolute Gasteiger partial charge is 0.479 e. The minimum absolute atomic E-state index is 0.221. The van der Waals surface area contributed by atoms with Gasteiger partial charge in [-0.3, -0.25) is 4.79 Å². The molecule has 3 aromatic rings. The number of aliphatic carboxylic acids is 1. The number of nitrogens with one attached hydrogen (secondary N) is 3. The number of aliphatic hydroxyl groups excluding tert-OH is 1. The second-order valence-corrected chi connectivity index (χ2v) is 10.3. The number of carboxylic acids is 1. The van der Waals surface area contributed by atoms with Crippen molar-refractivity contribution in [3.8, 4) is 5.75 Å². The Balaban J connectivity index is 1.51. The third kappa shape index (κ3) is 9.20. The summed E-state index contributed by atoms with van der Waals surface area (Å²) in [7, 11) is 0. The number of carbonyl (C=O) groups is 3. The highest BCUT2D eigenvalue weighted by atomic mass is 19.4. The molecule has 5 N–H and O–H groups in total. The number of hydrogen-bond donors (Lipinski definition) is 5. The zero-order valence-electron chi connectivity index (χ0n) is 23.1. The van der Waals surface area contributed by atoms with E-state index in [0.29, 0.717) is 11.5 Å². The van der Waals surface area contributed by atoms with E-state index in [1.54, 1.807) is 12.1 Å². The van der Waals surface area contributed by atoms with Gasteiger partial charge in [0.25, 0.3) is 5.91 Å². The largest absolute Gasteiger partial charge is 0.573 e. The van der Waals surface area contributed by atoms with Gasteiger partial charge in [0.15, 0.2) is 6.10 Å². The van der Waals surface area contributed by atoms with Crippen LogP contribution < -0.4 is 20.7 Å². The number of ether oxygens (including phenoxy) is 1. The summed E-state index contributed by atoms with van der Waals surface area (Å²) in [5, 5.41) is 26.0. The Bertz CT molecular complexity index is 1390. The Morgan fingerprint density at radius 1 is 0.860 bits per heavy atom. The van der Waals surface area contributed by atoms with Gasteiger partial charge in [-0.1, -0.05) is 55.7 Å². The summed E-state index contributed by atoms with van der Waals surface area (Å²) in [5.74, 6) is -1.97. The second kappa shape index (κ2) is 14.1. The summed E-state index contributed by atoms with van der Waals surface area (Å²) < 4.78 is 41.2. The lowest BCUT2D eigenvalue weighted by Crippen LogP contribution is -2.36. The molecule has 228 valence electrons. The number of benzene rings is 3. The number of alkyl halides is 3. The van der Waals surface area contributed by atoms with E-state index in [1.165, 1.54) is 49.1 Å². The van der Waals surface area contributed by atoms with Crippen molar-refractivity contribution in [3.63, 3.8) is 0 Å². The fourth-order valence-corrected chi connectivity index (χ4v) is 5.00. The molecule has 0 spiro atoms. The van der Waals surface area contributed by atoms with E-state index < -0.39 is 48.7 Å². The molecule has 3 aromatic carbocycles. The van der Waals surface area contributed by atoms with Crippen LogP contribution in [0.15, 0.2) is 72.8 Å². The number of halogens is 3. The highest BCUT2D eigenvalue weighted by Crippen LogP contribution is 2.34. The summed E-state index contributed by atoms with van der Waals surface area (Å²) in [6.07, 6.45) is -0.693. The molecule has 43 heavy (non-hydrogen) atoms. The maximum Gasteiger partial charge on any atom is 0.573 e. The molecule has 0 heterocycles. The molecule has 0 aliphatic heterocycles. The standard InChI is InChI=1S/C31H32F3N3O6/c32-31(33,34)43-25-16-14-24(15-17-25)36-30(42)37-27(21-8-6-20(7-9-21)19-4-2-1-3-5-19)22-10-12-23(13-11-22)28(39)35-18-26(38)29(40)41/h6-17,19,26-27,38H,1-5,18H2,(H,35,39)(H,40,41)(H2,36,37,42). The van der Waals surface area contributed by atoms with Gasteiger partial charge < -0.3 is 30.9 Å². The van der Waals surface area contributed by atoms with Crippen LogP contribution >= 0.6 is 0 Å². The van der Waals surface area contributed by atoms with Crippen molar-refractivity contribution in [1.82, 2.24) is 10.6 Å². The first-order valence-corrected chi connectivity index (χ1v) is 13.8. The lowest BCUT2D eigenvalue weighted by molar-refractivity contribution is -0.274. The van der Waals surface area contributed by atoms with E-state index in [2.05, 4.69) is 20.7 Å². The van der Waals surface area contributed by atoms with E-state index in [0.717, 1.165) is 30.5 Å². The molecule has 1 fully saturated rings. The lowest BCUT2D eigenvalue weighted by atomic mass is 9.83. The van der Waals surface area contributed by atoms with Crippen molar-refractivity contribution >= 4 is 23.6 Å². The van der Waals surface area contributed by atoms with Gasteiger partial charge in [0.1, 0.15) is 5.75 Å². The van der Waals surface area contributed by atoms with E-state index in [-0.39, 0.29) is 11.3 Å². The fraction of sp³-hybridized carbons (Fsp3) is 0.323. The number of carbonyl (C=O) groups excluding carboxylic acids is 2. The molecule has 1 saturated carbocycles. The minimum Gasteiger partial charge on any atom is -0.479 e. The molecule has 0 bridgehead atoms. The summed E-state index contributed by atoms with van der Waals surface area (Å²) in [4.78, 5) is 36.2. The molecule has 0 aromatic heterocycles. The maximum atomic E-state index is 13.0. The van der Waals surface area contributed by atoms with Gasteiger partial charge in [0.05, 0.1) is 12.6 Å². The maximum absolute atomic E-state index is 13.0. The number of aliphatic hydroxyl groups is 1. The number of urea groups is 1. The van der Waals surface area contributed by atoms with Gasteiger partial charge in [-0.2, -0.15) is 0 Å². The summed E-state index contributed by atoms with van der Waals surface area (Å²) in [6, 6.07) is 17.8. The third-order valence-corrected chi connectivity index (χ3v) is 7.21. The molecular weight excluding hydrogens is 567 g/mol. The molecule has 0 saturated heterocycles. The Morgan fingerprint density at radius 3 is 2.00 bits per heavy atom. The van der Waals surface area contributed by atoms with Crippen LogP contribution in [-0.2, 0) is 4.79 Å². The van der Waals surface area contributed by atoms with Crippen molar-refractivity contribution in [1.29, 1.82) is 0 Å². The zero-order chi connectivity index (χ0) is 31.0. The topological polar surface area (TPSA) is 137 Å². The van der Waals surface area contributed by atoms with Crippen molar-refractivity contribution in [2.75, 3.05) is 11.9 Å². The van der Waals surface area contributed by atoms with Gasteiger partial charge in [-0.25, -0.2) is 9.59 Å². The molecule has 0 radical (unpaired) electrons. The van der Waals surface area contributed by atoms with E-state index >= 15 is 0 Å². The SMILES string of the molecule is O=C(Nc1ccc(OC(F)(F)F)cc1)NC(c1ccc(C(=O)NCC(O)C(=O)O)cc1)c1ccc(C2CCCCC2)cc1. The molecule has 2 atom stereocenters. The molecule has 3 amide bonds. The van der Waals surface area contributed by atoms with Crippen LogP contribution in [0.25, 0.3) is 0 Å². The predicted molar refractivity (Wildman–Crippen MR) is 152 cm³/mol. The van der Waals surface area contributed by atoms with E-state index in [4.69, 9.17) is 5.11 Å². The quantitative estimate of drug-likeness (QED) is 0.202. The zero-order valence-corrected chi connectivity index (χ0v) is 23.1. The number of carboxylic acid groups (broad SMARTS) is 1. The first-order chi connectivity index (χ1) is 20.5. The van der Waals surface area contributed by atoms with E-state index in [9.17, 15) is 32.7 Å². The van der Waals surface area contributed by atoms with Gasteiger partial charge in [0.2, 0.25) is 0 Å². The van der Waals surface area contributed by atoms with Crippen molar-refractivity contribution in [3.05, 3.63) is 95.1 Å². The monoisotopic (exact) mass is 599 g/mol. The molecule has 9 nitrogen and oxygen atoms in total.